The molecule has 0 radical (unpaired) electrons. The Morgan fingerprint density at radius 1 is 1.19 bits per heavy atom. The van der Waals surface area contributed by atoms with Crippen LogP contribution < -0.4 is 5.32 Å². The minimum atomic E-state index is -3.70. The van der Waals surface area contributed by atoms with Gasteiger partial charge in [0.2, 0.25) is 10.0 Å². The van der Waals surface area contributed by atoms with Gasteiger partial charge in [-0.15, -0.1) is 0 Å². The van der Waals surface area contributed by atoms with E-state index in [1.807, 2.05) is 0 Å². The van der Waals surface area contributed by atoms with E-state index in [4.69, 9.17) is 16.3 Å². The van der Waals surface area contributed by atoms with Gasteiger partial charge in [0.25, 0.3) is 5.91 Å². The number of nitrogens with zero attached hydrogens (tertiary/aromatic N) is 1. The Hall–Kier alpha value is -1.64. The van der Waals surface area contributed by atoms with Gasteiger partial charge in [0.1, 0.15) is 6.04 Å². The molecule has 1 N–H and O–H groups in total. The summed E-state index contributed by atoms with van der Waals surface area (Å²) in [4.78, 5) is 24.5. The van der Waals surface area contributed by atoms with E-state index in [0.29, 0.717) is 13.1 Å². The molecule has 1 aliphatic heterocycles. The van der Waals surface area contributed by atoms with E-state index < -0.39 is 27.9 Å². The number of carbonyl (C=O) groups is 2. The maximum absolute atomic E-state index is 12.8. The van der Waals surface area contributed by atoms with Crippen LogP contribution in [-0.4, -0.2) is 50.8 Å². The SMILES string of the molecule is COC(=O)[C@H](NC(=O)c1cc(S(=O)(=O)N2CCCCC2)ccc1Cl)C(C)C. The van der Waals surface area contributed by atoms with Crippen molar-refractivity contribution in [1.29, 1.82) is 0 Å². The fourth-order valence-electron chi connectivity index (χ4n) is 2.94. The topological polar surface area (TPSA) is 92.8 Å². The lowest BCUT2D eigenvalue weighted by Gasteiger charge is -2.26. The Morgan fingerprint density at radius 2 is 1.81 bits per heavy atom. The zero-order valence-corrected chi connectivity index (χ0v) is 17.3. The Bertz CT molecular complexity index is 804. The van der Waals surface area contributed by atoms with Crippen molar-refractivity contribution in [2.24, 2.45) is 5.92 Å². The van der Waals surface area contributed by atoms with Gasteiger partial charge in [0.15, 0.2) is 0 Å². The lowest BCUT2D eigenvalue weighted by atomic mass is 10.0. The summed E-state index contributed by atoms with van der Waals surface area (Å²) in [6.07, 6.45) is 2.63. The van der Waals surface area contributed by atoms with Crippen molar-refractivity contribution in [2.75, 3.05) is 20.2 Å². The summed E-state index contributed by atoms with van der Waals surface area (Å²) < 4.78 is 31.8. The van der Waals surface area contributed by atoms with Crippen LogP contribution in [0.15, 0.2) is 23.1 Å². The van der Waals surface area contributed by atoms with Gasteiger partial charge in [-0.05, 0) is 37.0 Å². The molecule has 1 amide bonds. The number of nitrogens with one attached hydrogen (secondary N) is 1. The second-order valence-corrected chi connectivity index (χ2v) is 9.17. The fraction of sp³-hybridized carbons (Fsp3) is 0.556. The van der Waals surface area contributed by atoms with Gasteiger partial charge < -0.3 is 10.1 Å². The minimum absolute atomic E-state index is 0.00399. The molecule has 7 nitrogen and oxygen atoms in total. The molecule has 1 saturated heterocycles. The summed E-state index contributed by atoms with van der Waals surface area (Å²) in [5.41, 5.74) is 0.00399. The summed E-state index contributed by atoms with van der Waals surface area (Å²) in [6.45, 7) is 4.45. The summed E-state index contributed by atoms with van der Waals surface area (Å²) in [7, 11) is -2.46. The second-order valence-electron chi connectivity index (χ2n) is 6.82. The average molecular weight is 417 g/mol. The van der Waals surface area contributed by atoms with Crippen LogP contribution in [0, 0.1) is 5.92 Å². The van der Waals surface area contributed by atoms with Gasteiger partial charge in [-0.25, -0.2) is 13.2 Å². The molecule has 9 heteroatoms. The zero-order valence-electron chi connectivity index (χ0n) is 15.7. The first kappa shape index (κ1) is 21.7. The molecule has 2 rings (SSSR count). The van der Waals surface area contributed by atoms with Crippen LogP contribution in [0.1, 0.15) is 43.5 Å². The third-order valence-corrected chi connectivity index (χ3v) is 6.77. The van der Waals surface area contributed by atoms with Crippen molar-refractivity contribution >= 4 is 33.5 Å². The number of hydrogen-bond acceptors (Lipinski definition) is 5. The highest BCUT2D eigenvalue weighted by Gasteiger charge is 2.29. The standard InChI is InChI=1S/C18H25ClN2O5S/c1-12(2)16(18(23)26-3)20-17(22)14-11-13(7-8-15(14)19)27(24,25)21-9-5-4-6-10-21/h7-8,11-12,16H,4-6,9-10H2,1-3H3,(H,20,22)/t16-/m1/s1. The maximum atomic E-state index is 12.8. The molecule has 0 aromatic heterocycles. The number of carbonyl (C=O) groups excluding carboxylic acids is 2. The molecule has 0 unspecified atom stereocenters. The van der Waals surface area contributed by atoms with Crippen LogP contribution in [0.5, 0.6) is 0 Å². The first-order valence-electron chi connectivity index (χ1n) is 8.87. The number of piperidine rings is 1. The third kappa shape index (κ3) is 5.00. The third-order valence-electron chi connectivity index (χ3n) is 4.54. The lowest BCUT2D eigenvalue weighted by molar-refractivity contribution is -0.144. The van der Waals surface area contributed by atoms with Crippen molar-refractivity contribution in [3.8, 4) is 0 Å². The molecule has 27 heavy (non-hydrogen) atoms. The quantitative estimate of drug-likeness (QED) is 0.719. The molecule has 1 atom stereocenters. The maximum Gasteiger partial charge on any atom is 0.328 e. The molecule has 1 fully saturated rings. The van der Waals surface area contributed by atoms with Gasteiger partial charge in [0, 0.05) is 13.1 Å². The predicted octanol–water partition coefficient (Wildman–Crippen LogP) is 2.44. The molecule has 1 aliphatic rings. The van der Waals surface area contributed by atoms with Crippen molar-refractivity contribution < 1.29 is 22.7 Å². The lowest BCUT2D eigenvalue weighted by Crippen LogP contribution is -2.45. The summed E-state index contributed by atoms with van der Waals surface area (Å²) in [5, 5.41) is 2.68. The summed E-state index contributed by atoms with van der Waals surface area (Å²) >= 11 is 6.12. The molecular weight excluding hydrogens is 392 g/mol. The summed E-state index contributed by atoms with van der Waals surface area (Å²) in [6, 6.07) is 3.18. The summed E-state index contributed by atoms with van der Waals surface area (Å²) in [5.74, 6) is -1.41. The number of ether oxygens (including phenoxy) is 1. The largest absolute Gasteiger partial charge is 0.467 e. The normalized spacial score (nSPS) is 16.8. The van der Waals surface area contributed by atoms with E-state index in [-0.39, 0.29) is 21.4 Å². The van der Waals surface area contributed by atoms with Crippen molar-refractivity contribution in [3.63, 3.8) is 0 Å². The number of rotatable bonds is 6. The first-order valence-corrected chi connectivity index (χ1v) is 10.7. The van der Waals surface area contributed by atoms with Crippen LogP contribution in [0.4, 0.5) is 0 Å². The molecule has 1 aromatic carbocycles. The van der Waals surface area contributed by atoms with E-state index in [1.165, 1.54) is 29.6 Å². The number of benzene rings is 1. The highest BCUT2D eigenvalue weighted by atomic mass is 35.5. The number of methoxy groups -OCH3 is 1. The number of halogens is 1. The van der Waals surface area contributed by atoms with Gasteiger partial charge in [-0.1, -0.05) is 31.9 Å². The van der Waals surface area contributed by atoms with Gasteiger partial charge in [-0.2, -0.15) is 4.31 Å². The Morgan fingerprint density at radius 3 is 2.37 bits per heavy atom. The Balaban J connectivity index is 2.31. The van der Waals surface area contributed by atoms with Gasteiger partial charge >= 0.3 is 5.97 Å². The number of hydrogen-bond donors (Lipinski definition) is 1. The molecule has 0 spiro atoms. The fourth-order valence-corrected chi connectivity index (χ4v) is 4.68. The average Bonchev–Trinajstić information content (AvgIpc) is 2.65. The molecular formula is C18H25ClN2O5S. The van der Waals surface area contributed by atoms with E-state index in [0.717, 1.165) is 19.3 Å². The number of amides is 1. The van der Waals surface area contributed by atoms with Crippen LogP contribution in [0.2, 0.25) is 5.02 Å². The van der Waals surface area contributed by atoms with Crippen molar-refractivity contribution in [3.05, 3.63) is 28.8 Å². The van der Waals surface area contributed by atoms with E-state index >= 15 is 0 Å². The molecule has 1 aromatic rings. The van der Waals surface area contributed by atoms with E-state index in [9.17, 15) is 18.0 Å². The van der Waals surface area contributed by atoms with Crippen molar-refractivity contribution in [2.45, 2.75) is 44.0 Å². The molecule has 1 heterocycles. The smallest absolute Gasteiger partial charge is 0.328 e. The predicted molar refractivity (Wildman–Crippen MR) is 102 cm³/mol. The monoisotopic (exact) mass is 416 g/mol. The van der Waals surface area contributed by atoms with Gasteiger partial charge in [-0.3, -0.25) is 4.79 Å². The highest BCUT2D eigenvalue weighted by molar-refractivity contribution is 7.89. The number of esters is 1. The first-order chi connectivity index (χ1) is 12.7. The zero-order chi connectivity index (χ0) is 20.2. The highest BCUT2D eigenvalue weighted by Crippen LogP contribution is 2.25. The van der Waals surface area contributed by atoms with E-state index in [2.05, 4.69) is 5.32 Å². The minimum Gasteiger partial charge on any atom is -0.467 e. The molecule has 0 saturated carbocycles. The molecule has 0 bridgehead atoms. The van der Waals surface area contributed by atoms with Crippen molar-refractivity contribution in [1.82, 2.24) is 9.62 Å². The Labute approximate surface area is 165 Å². The molecule has 150 valence electrons. The number of sulfonamides is 1. The molecule has 0 aliphatic carbocycles. The second kappa shape index (κ2) is 9.03. The van der Waals surface area contributed by atoms with Crippen LogP contribution in [-0.2, 0) is 19.6 Å². The van der Waals surface area contributed by atoms with Crippen LogP contribution in [0.3, 0.4) is 0 Å². The van der Waals surface area contributed by atoms with Crippen LogP contribution in [0.25, 0.3) is 0 Å². The van der Waals surface area contributed by atoms with E-state index in [1.54, 1.807) is 13.8 Å². The van der Waals surface area contributed by atoms with Crippen LogP contribution >= 0.6 is 11.6 Å². The van der Waals surface area contributed by atoms with Gasteiger partial charge in [0.05, 0.1) is 22.6 Å². The Kier molecular flexibility index (Phi) is 7.25.